The van der Waals surface area contributed by atoms with Gasteiger partial charge in [-0.1, -0.05) is 0 Å². The lowest BCUT2D eigenvalue weighted by atomic mass is 10.1. The van der Waals surface area contributed by atoms with Crippen molar-refractivity contribution in [3.63, 3.8) is 0 Å². The highest BCUT2D eigenvalue weighted by Gasteiger charge is 2.29. The average molecular weight is 535 g/mol. The lowest BCUT2D eigenvalue weighted by Gasteiger charge is -2.26. The molecular weight excluding hydrogens is 508 g/mol. The third kappa shape index (κ3) is 7.09. The summed E-state index contributed by atoms with van der Waals surface area (Å²) >= 11 is 0. The van der Waals surface area contributed by atoms with Crippen molar-refractivity contribution >= 4 is 39.0 Å². The second-order valence-corrected chi connectivity index (χ2v) is 9.90. The minimum absolute atomic E-state index is 0.0121. The number of morpholine rings is 1. The lowest BCUT2D eigenvalue weighted by Crippen LogP contribution is -2.40. The normalized spacial score (nSPS) is 14.6. The van der Waals surface area contributed by atoms with Crippen LogP contribution in [0.25, 0.3) is 0 Å². The molecule has 1 aliphatic rings. The van der Waals surface area contributed by atoms with Crippen molar-refractivity contribution in [1.29, 1.82) is 0 Å². The van der Waals surface area contributed by atoms with E-state index in [4.69, 9.17) is 14.2 Å². The van der Waals surface area contributed by atoms with Gasteiger partial charge in [0.1, 0.15) is 18.0 Å². The van der Waals surface area contributed by atoms with Gasteiger partial charge in [-0.2, -0.15) is 9.41 Å². The molecule has 3 rings (SSSR count). The van der Waals surface area contributed by atoms with Gasteiger partial charge in [0.05, 0.1) is 28.7 Å². The summed E-state index contributed by atoms with van der Waals surface area (Å²) in [5.74, 6) is -0.848. The van der Waals surface area contributed by atoms with Crippen molar-refractivity contribution in [3.05, 3.63) is 57.6 Å². The number of benzene rings is 2. The van der Waals surface area contributed by atoms with Crippen LogP contribution in [0.15, 0.2) is 46.4 Å². The van der Waals surface area contributed by atoms with Crippen LogP contribution in [-0.4, -0.2) is 61.6 Å². The third-order valence-electron chi connectivity index (χ3n) is 5.28. The molecule has 0 aliphatic carbocycles. The highest BCUT2D eigenvalue weighted by Crippen LogP contribution is 2.30. The number of hydrazone groups is 1. The Morgan fingerprint density at radius 2 is 1.81 bits per heavy atom. The van der Waals surface area contributed by atoms with E-state index >= 15 is 0 Å². The molecule has 0 bridgehead atoms. The molecule has 1 heterocycles. The van der Waals surface area contributed by atoms with Crippen LogP contribution >= 0.6 is 0 Å². The van der Waals surface area contributed by atoms with Gasteiger partial charge in [0.2, 0.25) is 10.0 Å². The molecule has 37 heavy (non-hydrogen) atoms. The van der Waals surface area contributed by atoms with Gasteiger partial charge in [0, 0.05) is 38.6 Å². The monoisotopic (exact) mass is 534 g/mol. The largest absolute Gasteiger partial charge is 0.461 e. The van der Waals surface area contributed by atoms with Gasteiger partial charge in [0.15, 0.2) is 0 Å². The molecule has 0 radical (unpaired) electrons. The van der Waals surface area contributed by atoms with Crippen molar-refractivity contribution in [3.8, 4) is 5.75 Å². The van der Waals surface area contributed by atoms with E-state index in [2.05, 4.69) is 10.5 Å². The fourth-order valence-electron chi connectivity index (χ4n) is 3.41. The molecule has 2 aromatic carbocycles. The van der Waals surface area contributed by atoms with Crippen molar-refractivity contribution < 1.29 is 37.1 Å². The maximum atomic E-state index is 12.9. The average Bonchev–Trinajstić information content (AvgIpc) is 2.86. The van der Waals surface area contributed by atoms with E-state index in [1.807, 2.05) is 0 Å². The first-order chi connectivity index (χ1) is 17.5. The van der Waals surface area contributed by atoms with Crippen LogP contribution in [0.2, 0.25) is 0 Å². The maximum absolute atomic E-state index is 12.9. The summed E-state index contributed by atoms with van der Waals surface area (Å²) < 4.78 is 42.3. The first-order valence-electron chi connectivity index (χ1n) is 11.1. The van der Waals surface area contributed by atoms with Gasteiger partial charge in [-0.25, -0.2) is 8.42 Å². The fraction of sp³-hybridized carbons (Fsp3) is 0.348. The van der Waals surface area contributed by atoms with Gasteiger partial charge < -0.3 is 14.2 Å². The molecule has 0 unspecified atom stereocenters. The van der Waals surface area contributed by atoms with Crippen molar-refractivity contribution in [2.75, 3.05) is 31.7 Å². The van der Waals surface area contributed by atoms with Gasteiger partial charge in [0.25, 0.3) is 5.69 Å². The van der Waals surface area contributed by atoms with Crippen LogP contribution < -0.4 is 10.2 Å². The summed E-state index contributed by atoms with van der Waals surface area (Å²) in [7, 11) is -3.92. The number of rotatable bonds is 9. The number of ether oxygens (including phenoxy) is 3. The van der Waals surface area contributed by atoms with E-state index in [9.17, 15) is 28.1 Å². The number of nitrogens with zero attached hydrogens (tertiary/aromatic N) is 3. The van der Waals surface area contributed by atoms with Crippen LogP contribution in [0.1, 0.15) is 31.9 Å². The SMILES string of the molecule is CC(=O)OCc1cc(/C(C)=N\Nc2ccc(S(=O)(=O)N3CCOCC3)cc2[N+](=O)[O-])ccc1OC(C)=O. The Labute approximate surface area is 213 Å². The Hall–Kier alpha value is -3.88. The second-order valence-electron chi connectivity index (χ2n) is 7.96. The molecule has 1 saturated heterocycles. The summed E-state index contributed by atoms with van der Waals surface area (Å²) in [5, 5.41) is 15.9. The van der Waals surface area contributed by atoms with E-state index in [0.29, 0.717) is 16.8 Å². The first-order valence-corrected chi connectivity index (χ1v) is 12.5. The molecule has 0 atom stereocenters. The molecule has 2 aromatic rings. The third-order valence-corrected chi connectivity index (χ3v) is 7.18. The maximum Gasteiger partial charge on any atom is 0.308 e. The molecule has 13 nitrogen and oxygen atoms in total. The van der Waals surface area contributed by atoms with E-state index < -0.39 is 32.6 Å². The summed E-state index contributed by atoms with van der Waals surface area (Å²) in [6.07, 6.45) is 0. The van der Waals surface area contributed by atoms with E-state index in [1.54, 1.807) is 19.1 Å². The number of hydrogen-bond donors (Lipinski definition) is 1. The zero-order valence-electron chi connectivity index (χ0n) is 20.4. The van der Waals surface area contributed by atoms with Crippen LogP contribution in [0.5, 0.6) is 5.75 Å². The molecule has 198 valence electrons. The number of sulfonamides is 1. The van der Waals surface area contributed by atoms with Crippen LogP contribution in [-0.2, 0) is 35.7 Å². The van der Waals surface area contributed by atoms with E-state index in [0.717, 1.165) is 6.07 Å². The van der Waals surface area contributed by atoms with Gasteiger partial charge in [-0.15, -0.1) is 0 Å². The number of anilines is 1. The molecule has 0 aromatic heterocycles. The topological polar surface area (TPSA) is 167 Å². The number of nitro groups is 1. The molecule has 1 N–H and O–H groups in total. The number of esters is 2. The summed E-state index contributed by atoms with van der Waals surface area (Å²) in [6.45, 7) is 4.80. The molecule has 14 heteroatoms. The summed E-state index contributed by atoms with van der Waals surface area (Å²) in [6, 6.07) is 8.27. The Bertz CT molecular complexity index is 1340. The smallest absolute Gasteiger partial charge is 0.308 e. The highest BCUT2D eigenvalue weighted by molar-refractivity contribution is 7.89. The predicted molar refractivity (Wildman–Crippen MR) is 132 cm³/mol. The first kappa shape index (κ1) is 27.7. The van der Waals surface area contributed by atoms with Crippen molar-refractivity contribution in [1.82, 2.24) is 4.31 Å². The molecule has 0 amide bonds. The Morgan fingerprint density at radius 1 is 1.11 bits per heavy atom. The molecule has 1 aliphatic heterocycles. The van der Waals surface area contributed by atoms with Gasteiger partial charge >= 0.3 is 11.9 Å². The Kier molecular flexibility index (Phi) is 8.91. The fourth-order valence-corrected chi connectivity index (χ4v) is 4.84. The van der Waals surface area contributed by atoms with E-state index in [1.165, 1.54) is 36.4 Å². The molecule has 0 saturated carbocycles. The number of carbonyl (C=O) groups excluding carboxylic acids is 2. The Balaban J connectivity index is 1.87. The predicted octanol–water partition coefficient (Wildman–Crippen LogP) is 2.44. The van der Waals surface area contributed by atoms with Crippen molar-refractivity contribution in [2.45, 2.75) is 32.3 Å². The minimum atomic E-state index is -3.92. The lowest BCUT2D eigenvalue weighted by molar-refractivity contribution is -0.384. The standard InChI is InChI=1S/C23H26N4O9S/c1-15(18-4-7-23(36-17(3)29)19(12-18)14-35-16(2)28)24-25-21-6-5-20(13-22(21)27(30)31)37(32,33)26-8-10-34-11-9-26/h4-7,12-13,25H,8-11,14H2,1-3H3/b24-15-. The zero-order chi connectivity index (χ0) is 27.2. The number of nitro benzene ring substituents is 1. The van der Waals surface area contributed by atoms with Crippen molar-refractivity contribution in [2.24, 2.45) is 5.10 Å². The van der Waals surface area contributed by atoms with Crippen LogP contribution in [0.3, 0.4) is 0 Å². The molecule has 0 spiro atoms. The second kappa shape index (κ2) is 11.9. The molecular formula is C23H26N4O9S. The van der Waals surface area contributed by atoms with E-state index in [-0.39, 0.29) is 49.2 Å². The number of carbonyl (C=O) groups is 2. The van der Waals surface area contributed by atoms with Gasteiger partial charge in [-0.05, 0) is 42.8 Å². The number of hydrogen-bond acceptors (Lipinski definition) is 11. The zero-order valence-corrected chi connectivity index (χ0v) is 21.2. The van der Waals surface area contributed by atoms with Crippen LogP contribution in [0.4, 0.5) is 11.4 Å². The quantitative estimate of drug-likeness (QED) is 0.166. The van der Waals surface area contributed by atoms with Gasteiger partial charge in [-0.3, -0.25) is 25.1 Å². The van der Waals surface area contributed by atoms with Crippen LogP contribution in [0, 0.1) is 10.1 Å². The Morgan fingerprint density at radius 3 is 2.43 bits per heavy atom. The highest BCUT2D eigenvalue weighted by atomic mass is 32.2. The minimum Gasteiger partial charge on any atom is -0.461 e. The summed E-state index contributed by atoms with van der Waals surface area (Å²) in [4.78, 5) is 33.4. The number of nitrogens with one attached hydrogen (secondary N) is 1. The molecule has 1 fully saturated rings. The summed E-state index contributed by atoms with van der Waals surface area (Å²) in [5.41, 5.74) is 3.51.